The van der Waals surface area contributed by atoms with Crippen molar-refractivity contribution in [1.29, 1.82) is 0 Å². The summed E-state index contributed by atoms with van der Waals surface area (Å²) in [5.41, 5.74) is 1.60. The number of pyridine rings is 1. The van der Waals surface area contributed by atoms with Gasteiger partial charge in [-0.05, 0) is 73.7 Å². The molecule has 2 aromatic carbocycles. The van der Waals surface area contributed by atoms with Crippen molar-refractivity contribution in [3.63, 3.8) is 0 Å². The van der Waals surface area contributed by atoms with Crippen LogP contribution in [0.2, 0.25) is 0 Å². The fourth-order valence-electron chi connectivity index (χ4n) is 3.54. The lowest BCUT2D eigenvalue weighted by molar-refractivity contribution is 0.0516. The van der Waals surface area contributed by atoms with Gasteiger partial charge in [0.2, 0.25) is 0 Å². The Morgan fingerprint density at radius 2 is 1.86 bits per heavy atom. The van der Waals surface area contributed by atoms with Crippen LogP contribution in [0.1, 0.15) is 31.2 Å². The molecule has 2 heterocycles. The maximum absolute atomic E-state index is 12.4. The van der Waals surface area contributed by atoms with E-state index in [4.69, 9.17) is 9.47 Å². The molecule has 1 amide bonds. The van der Waals surface area contributed by atoms with Crippen LogP contribution in [0.5, 0.6) is 5.75 Å². The Labute approximate surface area is 210 Å². The molecule has 0 aliphatic carbocycles. The second-order valence-corrected chi connectivity index (χ2v) is 10.2. The molecule has 1 atom stereocenters. The molecule has 1 N–H and O–H groups in total. The van der Waals surface area contributed by atoms with E-state index in [1.807, 2.05) is 63.4 Å². The Kier molecular flexibility index (Phi) is 7.38. The standard InChI is InChI=1S/C29H28N2O3S/c1-29(2,3)34-28(32)31-24(17-20-5-10-25(33-4)11-6-20)9-12-26-13-14-27(35-26)22-7-8-23-19-30-16-15-21(23)18-22/h5-8,10-11,13-16,18-19,24H,17H2,1-4H3,(H,31,32)/t24-/m1/s1. The molecule has 35 heavy (non-hydrogen) atoms. The summed E-state index contributed by atoms with van der Waals surface area (Å²) < 4.78 is 10.7. The molecule has 0 saturated carbocycles. The van der Waals surface area contributed by atoms with Gasteiger partial charge in [0, 0.05) is 29.1 Å². The molecule has 2 aromatic heterocycles. The summed E-state index contributed by atoms with van der Waals surface area (Å²) in [4.78, 5) is 18.7. The van der Waals surface area contributed by atoms with Crippen LogP contribution in [0.4, 0.5) is 4.79 Å². The van der Waals surface area contributed by atoms with Gasteiger partial charge in [0.05, 0.1) is 18.0 Å². The first-order chi connectivity index (χ1) is 16.8. The average Bonchev–Trinajstić information content (AvgIpc) is 3.30. The van der Waals surface area contributed by atoms with Crippen molar-refractivity contribution in [2.24, 2.45) is 0 Å². The van der Waals surface area contributed by atoms with E-state index in [-0.39, 0.29) is 0 Å². The summed E-state index contributed by atoms with van der Waals surface area (Å²) in [7, 11) is 1.64. The highest BCUT2D eigenvalue weighted by Crippen LogP contribution is 2.30. The van der Waals surface area contributed by atoms with Crippen molar-refractivity contribution >= 4 is 28.2 Å². The molecule has 5 nitrogen and oxygen atoms in total. The first kappa shape index (κ1) is 24.3. The zero-order chi connectivity index (χ0) is 24.8. The molecule has 0 fully saturated rings. The number of aromatic nitrogens is 1. The number of methoxy groups -OCH3 is 1. The van der Waals surface area contributed by atoms with Crippen LogP contribution in [-0.4, -0.2) is 29.8 Å². The third-order valence-corrected chi connectivity index (χ3v) is 6.24. The van der Waals surface area contributed by atoms with E-state index in [2.05, 4.69) is 46.4 Å². The molecule has 178 valence electrons. The monoisotopic (exact) mass is 484 g/mol. The predicted octanol–water partition coefficient (Wildman–Crippen LogP) is 6.46. The molecular formula is C29H28N2O3S. The summed E-state index contributed by atoms with van der Waals surface area (Å²) in [5, 5.41) is 5.18. The molecule has 4 aromatic rings. The summed E-state index contributed by atoms with van der Waals surface area (Å²) in [6.07, 6.45) is 3.74. The van der Waals surface area contributed by atoms with E-state index >= 15 is 0 Å². The minimum Gasteiger partial charge on any atom is -0.497 e. The van der Waals surface area contributed by atoms with E-state index in [9.17, 15) is 4.79 Å². The highest BCUT2D eigenvalue weighted by atomic mass is 32.1. The number of carbonyl (C=O) groups excluding carboxylic acids is 1. The lowest BCUT2D eigenvalue weighted by Crippen LogP contribution is -2.39. The third-order valence-electron chi connectivity index (χ3n) is 5.19. The van der Waals surface area contributed by atoms with Crippen LogP contribution in [-0.2, 0) is 11.2 Å². The van der Waals surface area contributed by atoms with Crippen molar-refractivity contribution in [3.05, 3.63) is 83.5 Å². The normalized spacial score (nSPS) is 11.9. The van der Waals surface area contributed by atoms with E-state index in [0.717, 1.165) is 37.4 Å². The van der Waals surface area contributed by atoms with Crippen LogP contribution in [0.15, 0.2) is 73.1 Å². The summed E-state index contributed by atoms with van der Waals surface area (Å²) in [6, 6.07) is 19.8. The summed E-state index contributed by atoms with van der Waals surface area (Å²) >= 11 is 1.63. The van der Waals surface area contributed by atoms with Gasteiger partial charge in [0.15, 0.2) is 0 Å². The Balaban J connectivity index is 1.54. The average molecular weight is 485 g/mol. The summed E-state index contributed by atoms with van der Waals surface area (Å²) in [6.45, 7) is 5.52. The van der Waals surface area contributed by atoms with Gasteiger partial charge in [0.25, 0.3) is 0 Å². The van der Waals surface area contributed by atoms with Gasteiger partial charge < -0.3 is 14.8 Å². The topological polar surface area (TPSA) is 60.5 Å². The van der Waals surface area contributed by atoms with Gasteiger partial charge in [-0.3, -0.25) is 4.98 Å². The molecule has 0 aliphatic rings. The van der Waals surface area contributed by atoms with Crippen molar-refractivity contribution in [3.8, 4) is 28.0 Å². The third kappa shape index (κ3) is 6.84. The molecule has 4 rings (SSSR count). The maximum atomic E-state index is 12.4. The van der Waals surface area contributed by atoms with Gasteiger partial charge in [0.1, 0.15) is 11.4 Å². The van der Waals surface area contributed by atoms with Crippen LogP contribution < -0.4 is 10.1 Å². The first-order valence-corrected chi connectivity index (χ1v) is 12.2. The smallest absolute Gasteiger partial charge is 0.408 e. The number of nitrogens with one attached hydrogen (secondary N) is 1. The fourth-order valence-corrected chi connectivity index (χ4v) is 4.40. The lowest BCUT2D eigenvalue weighted by atomic mass is 10.1. The van der Waals surface area contributed by atoms with Gasteiger partial charge in [-0.1, -0.05) is 36.1 Å². The van der Waals surface area contributed by atoms with Crippen LogP contribution in [0.3, 0.4) is 0 Å². The highest BCUT2D eigenvalue weighted by molar-refractivity contribution is 7.16. The number of hydrogen-bond donors (Lipinski definition) is 1. The molecule has 6 heteroatoms. The molecular weight excluding hydrogens is 456 g/mol. The van der Waals surface area contributed by atoms with Crippen molar-refractivity contribution in [2.45, 2.75) is 38.8 Å². The van der Waals surface area contributed by atoms with Crippen molar-refractivity contribution in [2.75, 3.05) is 7.11 Å². The number of thiophene rings is 1. The molecule has 0 unspecified atom stereocenters. The molecule has 0 saturated heterocycles. The molecule has 0 bridgehead atoms. The molecule has 0 aliphatic heterocycles. The van der Waals surface area contributed by atoms with E-state index in [1.54, 1.807) is 24.6 Å². The predicted molar refractivity (Wildman–Crippen MR) is 142 cm³/mol. The minimum absolute atomic E-state index is 0.406. The van der Waals surface area contributed by atoms with E-state index in [0.29, 0.717) is 6.42 Å². The van der Waals surface area contributed by atoms with Gasteiger partial charge in [-0.25, -0.2) is 4.79 Å². The molecule has 0 radical (unpaired) electrons. The van der Waals surface area contributed by atoms with Gasteiger partial charge in [-0.15, -0.1) is 11.3 Å². The molecule has 0 spiro atoms. The Morgan fingerprint density at radius 3 is 2.60 bits per heavy atom. The largest absolute Gasteiger partial charge is 0.497 e. The zero-order valence-corrected chi connectivity index (χ0v) is 21.1. The number of benzene rings is 2. The van der Waals surface area contributed by atoms with Crippen molar-refractivity contribution < 1.29 is 14.3 Å². The van der Waals surface area contributed by atoms with Crippen molar-refractivity contribution in [1.82, 2.24) is 10.3 Å². The number of carbonyl (C=O) groups is 1. The lowest BCUT2D eigenvalue weighted by Gasteiger charge is -2.21. The zero-order valence-electron chi connectivity index (χ0n) is 20.3. The number of nitrogens with zero attached hydrogens (tertiary/aromatic N) is 1. The Morgan fingerprint density at radius 1 is 1.06 bits per heavy atom. The number of alkyl carbamates (subject to hydrolysis) is 1. The van der Waals surface area contributed by atoms with Crippen LogP contribution in [0, 0.1) is 11.8 Å². The number of rotatable bonds is 5. The SMILES string of the molecule is COc1ccc(C[C@@H](C#Cc2ccc(-c3ccc4cnccc4c3)s2)NC(=O)OC(C)(C)C)cc1. The number of fused-ring (bicyclic) bond motifs is 1. The number of ether oxygens (including phenoxy) is 2. The Hall–Kier alpha value is -3.82. The number of hydrogen-bond acceptors (Lipinski definition) is 5. The highest BCUT2D eigenvalue weighted by Gasteiger charge is 2.19. The quantitative estimate of drug-likeness (QED) is 0.330. The second kappa shape index (κ2) is 10.6. The fraction of sp³-hybridized carbons (Fsp3) is 0.241. The van der Waals surface area contributed by atoms with Gasteiger partial charge in [-0.2, -0.15) is 0 Å². The second-order valence-electron chi connectivity index (χ2n) is 9.12. The first-order valence-electron chi connectivity index (χ1n) is 11.4. The van der Waals surface area contributed by atoms with Crippen LogP contribution >= 0.6 is 11.3 Å². The van der Waals surface area contributed by atoms with Crippen LogP contribution in [0.25, 0.3) is 21.2 Å². The minimum atomic E-state index is -0.583. The van der Waals surface area contributed by atoms with E-state index < -0.39 is 17.7 Å². The summed E-state index contributed by atoms with van der Waals surface area (Å²) in [5.74, 6) is 7.26. The number of amides is 1. The van der Waals surface area contributed by atoms with E-state index in [1.165, 1.54) is 0 Å². The maximum Gasteiger partial charge on any atom is 0.408 e. The Bertz CT molecular complexity index is 1370. The van der Waals surface area contributed by atoms with Gasteiger partial charge >= 0.3 is 6.09 Å².